The van der Waals surface area contributed by atoms with Gasteiger partial charge in [0.05, 0.1) is 16.6 Å². The highest BCUT2D eigenvalue weighted by Gasteiger charge is 2.22. The SMILES string of the molecule is CC(C)S(=O)(=O)Cc1cccc(N)c1C(=O)O. The topological polar surface area (TPSA) is 97.5 Å². The van der Waals surface area contributed by atoms with Gasteiger partial charge in [0.15, 0.2) is 9.84 Å². The minimum atomic E-state index is -3.34. The molecule has 1 rings (SSSR count). The van der Waals surface area contributed by atoms with Crippen LogP contribution in [0.3, 0.4) is 0 Å². The maximum atomic E-state index is 11.8. The van der Waals surface area contributed by atoms with E-state index in [0.29, 0.717) is 0 Å². The number of carbonyl (C=O) groups is 1. The Morgan fingerprint density at radius 1 is 1.41 bits per heavy atom. The van der Waals surface area contributed by atoms with E-state index in [1.165, 1.54) is 12.1 Å². The van der Waals surface area contributed by atoms with Crippen molar-refractivity contribution in [3.8, 4) is 0 Å². The zero-order valence-electron chi connectivity index (χ0n) is 9.67. The van der Waals surface area contributed by atoms with E-state index >= 15 is 0 Å². The number of nitrogens with two attached hydrogens (primary N) is 1. The van der Waals surface area contributed by atoms with Gasteiger partial charge in [-0.15, -0.1) is 0 Å². The first-order chi connectivity index (χ1) is 7.75. The van der Waals surface area contributed by atoms with E-state index in [1.807, 2.05) is 0 Å². The van der Waals surface area contributed by atoms with Crippen LogP contribution in [-0.2, 0) is 15.6 Å². The minimum absolute atomic E-state index is 0.0777. The van der Waals surface area contributed by atoms with Crippen LogP contribution < -0.4 is 5.73 Å². The van der Waals surface area contributed by atoms with Crippen molar-refractivity contribution in [2.75, 3.05) is 5.73 Å². The van der Waals surface area contributed by atoms with Crippen molar-refractivity contribution in [2.45, 2.75) is 24.9 Å². The van der Waals surface area contributed by atoms with Gasteiger partial charge in [0.2, 0.25) is 0 Å². The van der Waals surface area contributed by atoms with Gasteiger partial charge in [-0.3, -0.25) is 0 Å². The number of carboxylic acids is 1. The monoisotopic (exact) mass is 257 g/mol. The first-order valence-corrected chi connectivity index (χ1v) is 6.79. The molecule has 0 radical (unpaired) electrons. The van der Waals surface area contributed by atoms with E-state index in [1.54, 1.807) is 19.9 Å². The Kier molecular flexibility index (Phi) is 3.77. The molecule has 0 spiro atoms. The summed E-state index contributed by atoms with van der Waals surface area (Å²) in [5.74, 6) is -1.52. The lowest BCUT2D eigenvalue weighted by Crippen LogP contribution is -2.18. The third-order valence-corrected chi connectivity index (χ3v) is 4.62. The fourth-order valence-corrected chi connectivity index (χ4v) is 2.39. The summed E-state index contributed by atoms with van der Waals surface area (Å²) in [6.07, 6.45) is 0. The van der Waals surface area contributed by atoms with Crippen molar-refractivity contribution < 1.29 is 18.3 Å². The Morgan fingerprint density at radius 3 is 2.47 bits per heavy atom. The van der Waals surface area contributed by atoms with Crippen molar-refractivity contribution in [3.63, 3.8) is 0 Å². The van der Waals surface area contributed by atoms with Crippen LogP contribution in [0.2, 0.25) is 0 Å². The largest absolute Gasteiger partial charge is 0.478 e. The van der Waals surface area contributed by atoms with Gasteiger partial charge >= 0.3 is 5.97 Å². The lowest BCUT2D eigenvalue weighted by atomic mass is 10.1. The van der Waals surface area contributed by atoms with Gasteiger partial charge in [0.1, 0.15) is 0 Å². The molecule has 0 atom stereocenters. The predicted molar refractivity (Wildman–Crippen MR) is 65.6 cm³/mol. The third-order valence-electron chi connectivity index (χ3n) is 2.47. The van der Waals surface area contributed by atoms with E-state index < -0.39 is 21.1 Å². The van der Waals surface area contributed by atoms with Crippen LogP contribution in [0.15, 0.2) is 18.2 Å². The van der Waals surface area contributed by atoms with Crippen LogP contribution in [0.25, 0.3) is 0 Å². The first kappa shape index (κ1) is 13.5. The summed E-state index contributed by atoms with van der Waals surface area (Å²) in [7, 11) is -3.34. The van der Waals surface area contributed by atoms with Crippen LogP contribution in [0.5, 0.6) is 0 Å². The molecule has 0 saturated carbocycles. The average molecular weight is 257 g/mol. The van der Waals surface area contributed by atoms with Crippen LogP contribution in [0.4, 0.5) is 5.69 Å². The molecule has 5 nitrogen and oxygen atoms in total. The van der Waals surface area contributed by atoms with Gasteiger partial charge in [-0.05, 0) is 25.5 Å². The molecule has 0 fully saturated rings. The summed E-state index contributed by atoms with van der Waals surface area (Å²) in [6, 6.07) is 4.46. The highest BCUT2D eigenvalue weighted by Crippen LogP contribution is 2.20. The summed E-state index contributed by atoms with van der Waals surface area (Å²) in [6.45, 7) is 3.12. The number of nitrogen functional groups attached to an aromatic ring is 1. The smallest absolute Gasteiger partial charge is 0.338 e. The van der Waals surface area contributed by atoms with Gasteiger partial charge in [-0.25, -0.2) is 13.2 Å². The quantitative estimate of drug-likeness (QED) is 0.792. The molecule has 0 aliphatic carbocycles. The molecule has 0 amide bonds. The molecular weight excluding hydrogens is 242 g/mol. The molecule has 6 heteroatoms. The molecule has 94 valence electrons. The minimum Gasteiger partial charge on any atom is -0.478 e. The van der Waals surface area contributed by atoms with Crippen LogP contribution >= 0.6 is 0 Å². The van der Waals surface area contributed by atoms with Crippen molar-refractivity contribution >= 4 is 21.5 Å². The molecule has 3 N–H and O–H groups in total. The predicted octanol–water partition coefficient (Wildman–Crippen LogP) is 1.29. The van der Waals surface area contributed by atoms with Crippen LogP contribution in [0.1, 0.15) is 29.8 Å². The molecule has 0 aliphatic heterocycles. The number of anilines is 1. The second-order valence-corrected chi connectivity index (χ2v) is 6.60. The van der Waals surface area contributed by atoms with Crippen molar-refractivity contribution in [1.29, 1.82) is 0 Å². The maximum Gasteiger partial charge on any atom is 0.338 e. The Morgan fingerprint density at radius 2 is 2.00 bits per heavy atom. The van der Waals surface area contributed by atoms with E-state index in [2.05, 4.69) is 0 Å². The average Bonchev–Trinajstić information content (AvgIpc) is 2.15. The number of rotatable bonds is 4. The molecule has 1 aromatic carbocycles. The second-order valence-electron chi connectivity index (χ2n) is 4.04. The second kappa shape index (κ2) is 4.75. The van der Waals surface area contributed by atoms with Gasteiger partial charge in [-0.1, -0.05) is 12.1 Å². The molecule has 0 aliphatic rings. The zero-order valence-corrected chi connectivity index (χ0v) is 10.5. The van der Waals surface area contributed by atoms with E-state index in [-0.39, 0.29) is 22.6 Å². The number of hydrogen-bond donors (Lipinski definition) is 2. The summed E-state index contributed by atoms with van der Waals surface area (Å²) >= 11 is 0. The zero-order chi connectivity index (χ0) is 13.2. The fourth-order valence-electron chi connectivity index (χ4n) is 1.38. The summed E-state index contributed by atoms with van der Waals surface area (Å²) in [5.41, 5.74) is 5.72. The van der Waals surface area contributed by atoms with E-state index in [0.717, 1.165) is 0 Å². The maximum absolute atomic E-state index is 11.8. The molecule has 0 aromatic heterocycles. The van der Waals surface area contributed by atoms with Crippen molar-refractivity contribution in [1.82, 2.24) is 0 Å². The van der Waals surface area contributed by atoms with Gasteiger partial charge < -0.3 is 10.8 Å². The van der Waals surface area contributed by atoms with Crippen LogP contribution in [-0.4, -0.2) is 24.7 Å². The number of aromatic carboxylic acids is 1. The molecular formula is C11H15NO4S. The Hall–Kier alpha value is -1.56. The Balaban J connectivity index is 3.25. The van der Waals surface area contributed by atoms with Crippen molar-refractivity contribution in [3.05, 3.63) is 29.3 Å². The first-order valence-electron chi connectivity index (χ1n) is 5.08. The molecule has 0 saturated heterocycles. The molecule has 17 heavy (non-hydrogen) atoms. The summed E-state index contributed by atoms with van der Waals surface area (Å²) in [5, 5.41) is 8.46. The molecule has 0 unspecified atom stereocenters. The molecule has 0 bridgehead atoms. The Labute approximate surface area is 100 Å². The molecule has 1 aromatic rings. The number of hydrogen-bond acceptors (Lipinski definition) is 4. The molecule has 0 heterocycles. The van der Waals surface area contributed by atoms with Gasteiger partial charge in [-0.2, -0.15) is 0 Å². The van der Waals surface area contributed by atoms with E-state index in [9.17, 15) is 13.2 Å². The number of sulfone groups is 1. The Bertz CT molecular complexity index is 534. The highest BCUT2D eigenvalue weighted by molar-refractivity contribution is 7.91. The van der Waals surface area contributed by atoms with Gasteiger partial charge in [0, 0.05) is 5.69 Å². The highest BCUT2D eigenvalue weighted by atomic mass is 32.2. The lowest BCUT2D eigenvalue weighted by molar-refractivity contribution is 0.0697. The number of benzene rings is 1. The van der Waals surface area contributed by atoms with Crippen LogP contribution in [0, 0.1) is 0 Å². The fraction of sp³-hybridized carbons (Fsp3) is 0.364. The summed E-state index contributed by atoms with van der Waals surface area (Å²) < 4.78 is 23.5. The normalized spacial score (nSPS) is 11.7. The third kappa shape index (κ3) is 2.97. The number of carboxylic acid groups (broad SMARTS) is 1. The standard InChI is InChI=1S/C11H15NO4S/c1-7(2)17(15,16)6-8-4-3-5-9(12)10(8)11(13)14/h3-5,7H,6,12H2,1-2H3,(H,13,14). The van der Waals surface area contributed by atoms with Gasteiger partial charge in [0.25, 0.3) is 0 Å². The lowest BCUT2D eigenvalue weighted by Gasteiger charge is -2.11. The summed E-state index contributed by atoms with van der Waals surface area (Å²) in [4.78, 5) is 11.0. The van der Waals surface area contributed by atoms with Crippen molar-refractivity contribution in [2.24, 2.45) is 0 Å². The van der Waals surface area contributed by atoms with E-state index in [4.69, 9.17) is 10.8 Å².